The Labute approximate surface area is 242 Å². The lowest BCUT2D eigenvalue weighted by molar-refractivity contribution is 0.303. The normalized spacial score (nSPS) is 19.0. The molecule has 39 heavy (non-hydrogen) atoms. The molecule has 8 heteroatoms. The quantitative estimate of drug-likeness (QED) is 0.278. The molecule has 3 aromatic rings. The monoisotopic (exact) mass is 585 g/mol. The molecular formula is C31H37Cl2N3O2S. The van der Waals surface area contributed by atoms with Gasteiger partial charge in [0.25, 0.3) is 0 Å². The molecule has 0 amide bonds. The number of sulfonamides is 1. The summed E-state index contributed by atoms with van der Waals surface area (Å²) in [6, 6.07) is 14.0. The third-order valence-electron chi connectivity index (χ3n) is 8.32. The standard InChI is InChI=1S/C31H37Cl2N3O2S/c1-3-22-12-15-30(28(33)20-22)36-31-25(18-23-8-7-11-26(32)19-23)13-14-27(31)29(34-36)16-17-39(37,38)35-21(2)24-9-5-4-6-10-24/h7-8,11-12,15-17,19-21,24-25,35H,3-6,9-10,13-14,18H2,1-2H3/b17-16+/t21-,25?/m1/s1. The second-order valence-electron chi connectivity index (χ2n) is 11.0. The highest BCUT2D eigenvalue weighted by Crippen LogP contribution is 2.40. The van der Waals surface area contributed by atoms with Crippen LogP contribution < -0.4 is 4.72 Å². The zero-order valence-corrected chi connectivity index (χ0v) is 25.0. The van der Waals surface area contributed by atoms with Gasteiger partial charge in [-0.1, -0.05) is 67.6 Å². The Kier molecular flexibility index (Phi) is 8.87. The Hall–Kier alpha value is -2.12. The molecule has 1 unspecified atom stereocenters. The van der Waals surface area contributed by atoms with Gasteiger partial charge in [-0.25, -0.2) is 17.8 Å². The van der Waals surface area contributed by atoms with Gasteiger partial charge in [-0.15, -0.1) is 0 Å². The van der Waals surface area contributed by atoms with Gasteiger partial charge in [0.1, 0.15) is 0 Å². The lowest BCUT2D eigenvalue weighted by atomic mass is 9.85. The van der Waals surface area contributed by atoms with Crippen molar-refractivity contribution in [3.63, 3.8) is 0 Å². The molecule has 2 aliphatic carbocycles. The van der Waals surface area contributed by atoms with Crippen LogP contribution in [0.2, 0.25) is 10.0 Å². The molecule has 0 radical (unpaired) electrons. The van der Waals surface area contributed by atoms with Crippen molar-refractivity contribution in [3.05, 3.63) is 86.0 Å². The van der Waals surface area contributed by atoms with Crippen LogP contribution in [0.15, 0.2) is 47.9 Å². The van der Waals surface area contributed by atoms with Crippen molar-refractivity contribution in [3.8, 4) is 5.69 Å². The Bertz CT molecular complexity index is 1460. The van der Waals surface area contributed by atoms with Crippen LogP contribution in [0.25, 0.3) is 11.8 Å². The molecule has 1 N–H and O–H groups in total. The molecule has 0 saturated heterocycles. The number of nitrogens with zero attached hydrogens (tertiary/aromatic N) is 2. The second kappa shape index (κ2) is 12.2. The first-order chi connectivity index (χ1) is 18.7. The minimum Gasteiger partial charge on any atom is -0.235 e. The molecule has 2 atom stereocenters. The fourth-order valence-electron chi connectivity index (χ4n) is 6.20. The van der Waals surface area contributed by atoms with E-state index in [1.54, 1.807) is 6.08 Å². The summed E-state index contributed by atoms with van der Waals surface area (Å²) in [4.78, 5) is 0. The van der Waals surface area contributed by atoms with E-state index in [0.717, 1.165) is 66.1 Å². The van der Waals surface area contributed by atoms with Crippen LogP contribution in [0.1, 0.15) is 86.4 Å². The third kappa shape index (κ3) is 6.62. The van der Waals surface area contributed by atoms with E-state index in [1.807, 2.05) is 41.9 Å². The summed E-state index contributed by atoms with van der Waals surface area (Å²) in [6.45, 7) is 4.08. The Morgan fingerprint density at radius 2 is 1.87 bits per heavy atom. The summed E-state index contributed by atoms with van der Waals surface area (Å²) < 4.78 is 30.9. The summed E-state index contributed by atoms with van der Waals surface area (Å²) in [7, 11) is -3.61. The molecule has 1 fully saturated rings. The van der Waals surface area contributed by atoms with Crippen molar-refractivity contribution < 1.29 is 8.42 Å². The minimum absolute atomic E-state index is 0.0822. The van der Waals surface area contributed by atoms with Gasteiger partial charge < -0.3 is 0 Å². The van der Waals surface area contributed by atoms with Gasteiger partial charge in [0.05, 0.1) is 22.1 Å². The fourth-order valence-corrected chi connectivity index (χ4v) is 7.79. The van der Waals surface area contributed by atoms with Crippen molar-refractivity contribution in [2.24, 2.45) is 5.92 Å². The number of benzene rings is 2. The zero-order chi connectivity index (χ0) is 27.6. The van der Waals surface area contributed by atoms with E-state index in [0.29, 0.717) is 16.6 Å². The summed E-state index contributed by atoms with van der Waals surface area (Å²) in [5.74, 6) is 0.613. The van der Waals surface area contributed by atoms with Crippen LogP contribution in [0.4, 0.5) is 0 Å². The van der Waals surface area contributed by atoms with Gasteiger partial charge in [0.15, 0.2) is 0 Å². The first kappa shape index (κ1) is 28.4. The number of nitrogens with one attached hydrogen (secondary N) is 1. The first-order valence-electron chi connectivity index (χ1n) is 14.1. The lowest BCUT2D eigenvalue weighted by Crippen LogP contribution is -2.37. The van der Waals surface area contributed by atoms with Gasteiger partial charge in [0, 0.05) is 28.0 Å². The number of halogens is 2. The van der Waals surface area contributed by atoms with Crippen molar-refractivity contribution in [1.29, 1.82) is 0 Å². The smallest absolute Gasteiger partial charge is 0.234 e. The maximum atomic E-state index is 13.0. The lowest BCUT2D eigenvalue weighted by Gasteiger charge is -2.27. The number of aromatic nitrogens is 2. The highest BCUT2D eigenvalue weighted by Gasteiger charge is 2.32. The molecule has 2 aromatic carbocycles. The topological polar surface area (TPSA) is 64.0 Å². The van der Waals surface area contributed by atoms with Crippen LogP contribution in [0.3, 0.4) is 0 Å². The van der Waals surface area contributed by atoms with E-state index >= 15 is 0 Å². The third-order valence-corrected chi connectivity index (χ3v) is 10.0. The number of fused-ring (bicyclic) bond motifs is 1. The van der Waals surface area contributed by atoms with Crippen LogP contribution in [0, 0.1) is 5.92 Å². The molecule has 1 heterocycles. The summed E-state index contributed by atoms with van der Waals surface area (Å²) in [5.41, 5.74) is 6.01. The molecule has 5 rings (SSSR count). The maximum Gasteiger partial charge on any atom is 0.234 e. The zero-order valence-electron chi connectivity index (χ0n) is 22.7. The van der Waals surface area contributed by atoms with Crippen LogP contribution in [-0.4, -0.2) is 24.2 Å². The first-order valence-corrected chi connectivity index (χ1v) is 16.4. The maximum absolute atomic E-state index is 13.0. The number of rotatable bonds is 9. The minimum atomic E-state index is -3.61. The molecule has 1 saturated carbocycles. The molecule has 1 aromatic heterocycles. The van der Waals surface area contributed by atoms with Crippen molar-refractivity contribution >= 4 is 39.3 Å². The highest BCUT2D eigenvalue weighted by molar-refractivity contribution is 7.92. The molecule has 5 nitrogen and oxygen atoms in total. The van der Waals surface area contributed by atoms with Crippen LogP contribution >= 0.6 is 23.2 Å². The summed E-state index contributed by atoms with van der Waals surface area (Å²) in [5, 5.41) is 7.57. The van der Waals surface area contributed by atoms with Gasteiger partial charge >= 0.3 is 0 Å². The van der Waals surface area contributed by atoms with Crippen LogP contribution in [-0.2, 0) is 29.3 Å². The second-order valence-corrected chi connectivity index (χ2v) is 13.5. The van der Waals surface area contributed by atoms with Crippen molar-refractivity contribution in [1.82, 2.24) is 14.5 Å². The Morgan fingerprint density at radius 1 is 1.08 bits per heavy atom. The van der Waals surface area contributed by atoms with Gasteiger partial charge in [-0.3, -0.25) is 0 Å². The van der Waals surface area contributed by atoms with E-state index in [9.17, 15) is 8.42 Å². The van der Waals surface area contributed by atoms with Gasteiger partial charge in [-0.2, -0.15) is 5.10 Å². The van der Waals surface area contributed by atoms with E-state index in [-0.39, 0.29) is 12.0 Å². The molecule has 0 spiro atoms. The van der Waals surface area contributed by atoms with Gasteiger partial charge in [-0.05, 0) is 92.8 Å². The average Bonchev–Trinajstić information content (AvgIpc) is 3.49. The molecule has 0 bridgehead atoms. The van der Waals surface area contributed by atoms with Crippen molar-refractivity contribution in [2.45, 2.75) is 83.6 Å². The van der Waals surface area contributed by atoms with E-state index in [1.165, 1.54) is 30.2 Å². The summed E-state index contributed by atoms with van der Waals surface area (Å²) >= 11 is 13.0. The van der Waals surface area contributed by atoms with E-state index < -0.39 is 10.0 Å². The SMILES string of the molecule is CCc1ccc(-n2nc(/C=C/S(=O)(=O)N[C@H](C)C3CCCCC3)c3c2C(Cc2cccc(Cl)c2)CC3)c(Cl)c1. The predicted molar refractivity (Wildman–Crippen MR) is 161 cm³/mol. The number of hydrogen-bond donors (Lipinski definition) is 1. The molecular weight excluding hydrogens is 549 g/mol. The Morgan fingerprint density at radius 3 is 2.59 bits per heavy atom. The van der Waals surface area contributed by atoms with Crippen LogP contribution in [0.5, 0.6) is 0 Å². The average molecular weight is 587 g/mol. The number of aryl methyl sites for hydroxylation is 1. The molecule has 208 valence electrons. The highest BCUT2D eigenvalue weighted by atomic mass is 35.5. The largest absolute Gasteiger partial charge is 0.235 e. The Balaban J connectivity index is 1.47. The fraction of sp³-hybridized carbons (Fsp3) is 0.452. The van der Waals surface area contributed by atoms with E-state index in [4.69, 9.17) is 28.3 Å². The summed E-state index contributed by atoms with van der Waals surface area (Å²) in [6.07, 6.45) is 10.9. The van der Waals surface area contributed by atoms with Crippen molar-refractivity contribution in [2.75, 3.05) is 0 Å². The predicted octanol–water partition coefficient (Wildman–Crippen LogP) is 7.87. The molecule has 0 aliphatic heterocycles. The van der Waals surface area contributed by atoms with E-state index in [2.05, 4.69) is 23.8 Å². The molecule has 2 aliphatic rings. The number of hydrogen-bond acceptors (Lipinski definition) is 3. The van der Waals surface area contributed by atoms with Gasteiger partial charge in [0.2, 0.25) is 10.0 Å².